The van der Waals surface area contributed by atoms with Gasteiger partial charge in [-0.15, -0.1) is 0 Å². The number of fused-ring (bicyclic) bond motifs is 1. The van der Waals surface area contributed by atoms with Crippen LogP contribution in [0, 0.1) is 6.92 Å². The van der Waals surface area contributed by atoms with E-state index in [1.807, 2.05) is 16.8 Å². The van der Waals surface area contributed by atoms with Crippen LogP contribution >= 0.6 is 11.3 Å². The van der Waals surface area contributed by atoms with Gasteiger partial charge in [0.05, 0.1) is 6.10 Å². The predicted molar refractivity (Wildman–Crippen MR) is 85.0 cm³/mol. The third-order valence-electron chi connectivity index (χ3n) is 3.14. The molecule has 2 aromatic heterocycles. The standard InChI is InChI=1S/C15H15N3O3S/c1-9-17-12-6-11(2-3-14(12)21-9)18-15(20)16-7-13(19)10-4-5-22-8-10/h2-6,8,13,19H,7H2,1H3,(H2,16,18,20)/t13-/m0/s1. The summed E-state index contributed by atoms with van der Waals surface area (Å²) in [5, 5.41) is 19.0. The van der Waals surface area contributed by atoms with E-state index in [0.717, 1.165) is 5.56 Å². The molecule has 22 heavy (non-hydrogen) atoms. The van der Waals surface area contributed by atoms with Crippen molar-refractivity contribution in [2.24, 2.45) is 0 Å². The first-order chi connectivity index (χ1) is 10.6. The Morgan fingerprint density at radius 3 is 3.09 bits per heavy atom. The first-order valence-corrected chi connectivity index (χ1v) is 7.68. The smallest absolute Gasteiger partial charge is 0.319 e. The molecule has 114 valence electrons. The SMILES string of the molecule is Cc1nc2cc(NC(=O)NC[C@H](O)c3ccsc3)ccc2o1. The van der Waals surface area contributed by atoms with Crippen LogP contribution in [-0.2, 0) is 0 Å². The summed E-state index contributed by atoms with van der Waals surface area (Å²) >= 11 is 1.50. The molecule has 7 heteroatoms. The summed E-state index contributed by atoms with van der Waals surface area (Å²) in [5.41, 5.74) is 2.78. The van der Waals surface area contributed by atoms with Crippen LogP contribution in [0.15, 0.2) is 39.4 Å². The van der Waals surface area contributed by atoms with E-state index in [0.29, 0.717) is 22.7 Å². The van der Waals surface area contributed by atoms with Gasteiger partial charge in [0.2, 0.25) is 0 Å². The maximum atomic E-state index is 11.9. The first-order valence-electron chi connectivity index (χ1n) is 6.74. The number of thiophene rings is 1. The molecule has 0 unspecified atom stereocenters. The number of aliphatic hydroxyl groups is 1. The lowest BCUT2D eigenvalue weighted by atomic mass is 10.2. The molecule has 2 heterocycles. The van der Waals surface area contributed by atoms with Crippen molar-refractivity contribution in [3.63, 3.8) is 0 Å². The molecule has 6 nitrogen and oxygen atoms in total. The van der Waals surface area contributed by atoms with E-state index in [1.165, 1.54) is 11.3 Å². The van der Waals surface area contributed by atoms with Gasteiger partial charge in [0, 0.05) is 19.2 Å². The second-order valence-corrected chi connectivity index (χ2v) is 5.60. The maximum Gasteiger partial charge on any atom is 0.319 e. The van der Waals surface area contributed by atoms with Gasteiger partial charge in [0.25, 0.3) is 0 Å². The van der Waals surface area contributed by atoms with E-state index in [-0.39, 0.29) is 12.6 Å². The number of aryl methyl sites for hydroxylation is 1. The lowest BCUT2D eigenvalue weighted by Crippen LogP contribution is -2.32. The lowest BCUT2D eigenvalue weighted by Gasteiger charge is -2.11. The summed E-state index contributed by atoms with van der Waals surface area (Å²) < 4.78 is 5.38. The van der Waals surface area contributed by atoms with Crippen LogP contribution in [0.4, 0.5) is 10.5 Å². The fraction of sp³-hybridized carbons (Fsp3) is 0.200. The van der Waals surface area contributed by atoms with Gasteiger partial charge in [-0.25, -0.2) is 9.78 Å². The van der Waals surface area contributed by atoms with Crippen LogP contribution in [0.2, 0.25) is 0 Å². The molecular weight excluding hydrogens is 302 g/mol. The van der Waals surface area contributed by atoms with Gasteiger partial charge in [-0.05, 0) is 40.6 Å². The average molecular weight is 317 g/mol. The second kappa shape index (κ2) is 6.17. The number of carbonyl (C=O) groups is 1. The van der Waals surface area contributed by atoms with Crippen molar-refractivity contribution < 1.29 is 14.3 Å². The third kappa shape index (κ3) is 3.26. The van der Waals surface area contributed by atoms with Gasteiger partial charge in [-0.2, -0.15) is 11.3 Å². The van der Waals surface area contributed by atoms with Gasteiger partial charge in [-0.1, -0.05) is 0 Å². The Morgan fingerprint density at radius 2 is 2.32 bits per heavy atom. The zero-order valence-corrected chi connectivity index (χ0v) is 12.7. The summed E-state index contributed by atoms with van der Waals surface area (Å²) in [6.07, 6.45) is -0.710. The molecular formula is C15H15N3O3S. The summed E-state index contributed by atoms with van der Waals surface area (Å²) in [5.74, 6) is 0.579. The Kier molecular flexibility index (Phi) is 4.08. The van der Waals surface area contributed by atoms with Crippen LogP contribution in [0.5, 0.6) is 0 Å². The van der Waals surface area contributed by atoms with E-state index in [4.69, 9.17) is 4.42 Å². The number of aromatic nitrogens is 1. The number of oxazole rings is 1. The summed E-state index contributed by atoms with van der Waals surface area (Å²) in [4.78, 5) is 16.1. The normalized spacial score (nSPS) is 12.3. The quantitative estimate of drug-likeness (QED) is 0.690. The lowest BCUT2D eigenvalue weighted by molar-refractivity contribution is 0.175. The second-order valence-electron chi connectivity index (χ2n) is 4.82. The molecule has 2 amide bonds. The van der Waals surface area contributed by atoms with Crippen LogP contribution < -0.4 is 10.6 Å². The molecule has 0 aliphatic heterocycles. The minimum absolute atomic E-state index is 0.147. The molecule has 1 atom stereocenters. The van der Waals surface area contributed by atoms with E-state index in [2.05, 4.69) is 15.6 Å². The molecule has 0 radical (unpaired) electrons. The average Bonchev–Trinajstić information content (AvgIpc) is 3.12. The van der Waals surface area contributed by atoms with Crippen LogP contribution in [0.25, 0.3) is 11.1 Å². The number of amides is 2. The molecule has 0 bridgehead atoms. The first kappa shape index (κ1) is 14.6. The Hall–Kier alpha value is -2.38. The van der Waals surface area contributed by atoms with Crippen molar-refractivity contribution in [3.8, 4) is 0 Å². The predicted octanol–water partition coefficient (Wildman–Crippen LogP) is 3.05. The minimum Gasteiger partial charge on any atom is -0.441 e. The molecule has 0 spiro atoms. The zero-order valence-electron chi connectivity index (χ0n) is 11.9. The van der Waals surface area contributed by atoms with E-state index in [9.17, 15) is 9.90 Å². The fourth-order valence-corrected chi connectivity index (χ4v) is 2.77. The van der Waals surface area contributed by atoms with Crippen LogP contribution in [-0.4, -0.2) is 22.7 Å². The van der Waals surface area contributed by atoms with Crippen LogP contribution in [0.1, 0.15) is 17.6 Å². The number of carbonyl (C=O) groups excluding carboxylic acids is 1. The molecule has 0 saturated heterocycles. The number of nitrogens with one attached hydrogen (secondary N) is 2. The summed E-state index contributed by atoms with van der Waals surface area (Å²) in [7, 11) is 0. The number of hydrogen-bond acceptors (Lipinski definition) is 5. The monoisotopic (exact) mass is 317 g/mol. The van der Waals surface area contributed by atoms with Crippen LogP contribution in [0.3, 0.4) is 0 Å². The van der Waals surface area contributed by atoms with Gasteiger partial charge in [0.15, 0.2) is 11.5 Å². The van der Waals surface area contributed by atoms with Crippen molar-refractivity contribution in [2.45, 2.75) is 13.0 Å². The van der Waals surface area contributed by atoms with E-state index < -0.39 is 6.10 Å². The summed E-state index contributed by atoms with van der Waals surface area (Å²) in [6, 6.07) is 6.68. The largest absolute Gasteiger partial charge is 0.441 e. The molecule has 0 fully saturated rings. The molecule has 0 aliphatic carbocycles. The third-order valence-corrected chi connectivity index (χ3v) is 3.84. The highest BCUT2D eigenvalue weighted by molar-refractivity contribution is 7.07. The highest BCUT2D eigenvalue weighted by Gasteiger charge is 2.10. The van der Waals surface area contributed by atoms with E-state index >= 15 is 0 Å². The van der Waals surface area contributed by atoms with Gasteiger partial charge in [-0.3, -0.25) is 0 Å². The van der Waals surface area contributed by atoms with Crippen molar-refractivity contribution in [3.05, 3.63) is 46.5 Å². The zero-order chi connectivity index (χ0) is 15.5. The van der Waals surface area contributed by atoms with Crippen molar-refractivity contribution in [1.29, 1.82) is 0 Å². The summed E-state index contributed by atoms with van der Waals surface area (Å²) in [6.45, 7) is 1.92. The molecule has 0 aliphatic rings. The Morgan fingerprint density at radius 1 is 1.45 bits per heavy atom. The number of benzene rings is 1. The number of anilines is 1. The number of rotatable bonds is 4. The molecule has 1 aromatic carbocycles. The highest BCUT2D eigenvalue weighted by Crippen LogP contribution is 2.19. The van der Waals surface area contributed by atoms with Crippen molar-refractivity contribution in [2.75, 3.05) is 11.9 Å². The Labute approximate surface area is 130 Å². The van der Waals surface area contributed by atoms with Crippen molar-refractivity contribution in [1.82, 2.24) is 10.3 Å². The molecule has 3 N–H and O–H groups in total. The fourth-order valence-electron chi connectivity index (χ4n) is 2.07. The maximum absolute atomic E-state index is 11.9. The Balaban J connectivity index is 1.58. The highest BCUT2D eigenvalue weighted by atomic mass is 32.1. The van der Waals surface area contributed by atoms with Gasteiger partial charge >= 0.3 is 6.03 Å². The number of aliphatic hydroxyl groups excluding tert-OH is 1. The van der Waals surface area contributed by atoms with E-state index in [1.54, 1.807) is 25.1 Å². The van der Waals surface area contributed by atoms with Gasteiger partial charge in [0.1, 0.15) is 5.52 Å². The number of urea groups is 1. The van der Waals surface area contributed by atoms with Crippen molar-refractivity contribution >= 4 is 34.2 Å². The minimum atomic E-state index is -0.710. The number of hydrogen-bond donors (Lipinski definition) is 3. The molecule has 3 rings (SSSR count). The topological polar surface area (TPSA) is 87.4 Å². The van der Waals surface area contributed by atoms with Gasteiger partial charge < -0.3 is 20.2 Å². The molecule has 3 aromatic rings. The number of nitrogens with zero attached hydrogens (tertiary/aromatic N) is 1. The Bertz CT molecular complexity index is 783. The molecule has 0 saturated carbocycles.